The number of aryl methyl sites for hydroxylation is 1. The zero-order valence-corrected chi connectivity index (χ0v) is 12.4. The summed E-state index contributed by atoms with van der Waals surface area (Å²) in [4.78, 5) is 11.6. The zero-order chi connectivity index (χ0) is 12.5. The number of thioether (sulfide) groups is 1. The van der Waals surface area contributed by atoms with Gasteiger partial charge < -0.3 is 5.32 Å². The van der Waals surface area contributed by atoms with Crippen molar-refractivity contribution < 1.29 is 4.79 Å². The van der Waals surface area contributed by atoms with Gasteiger partial charge in [0.1, 0.15) is 0 Å². The lowest BCUT2D eigenvalue weighted by Crippen LogP contribution is -2.12. The Kier molecular flexibility index (Phi) is 7.37. The molecule has 4 heteroatoms. The van der Waals surface area contributed by atoms with Crippen molar-refractivity contribution in [3.63, 3.8) is 0 Å². The number of halogens is 1. The van der Waals surface area contributed by atoms with Gasteiger partial charge in [-0.2, -0.15) is 11.8 Å². The van der Waals surface area contributed by atoms with Crippen LogP contribution in [0.15, 0.2) is 24.3 Å². The molecule has 0 bridgehead atoms. The lowest BCUT2D eigenvalue weighted by atomic mass is 10.1. The molecule has 0 fully saturated rings. The third-order valence-electron chi connectivity index (χ3n) is 2.34. The molecular formula is C13H18BrNOS. The molecule has 0 aliphatic rings. The second-order valence-electron chi connectivity index (χ2n) is 3.78. The van der Waals surface area contributed by atoms with E-state index >= 15 is 0 Å². The van der Waals surface area contributed by atoms with E-state index in [1.54, 1.807) is 11.8 Å². The van der Waals surface area contributed by atoms with Gasteiger partial charge in [0, 0.05) is 23.2 Å². The van der Waals surface area contributed by atoms with Gasteiger partial charge in [-0.1, -0.05) is 28.1 Å². The third kappa shape index (κ3) is 6.13. The Morgan fingerprint density at radius 3 is 3.00 bits per heavy atom. The number of hydrogen-bond acceptors (Lipinski definition) is 2. The molecule has 0 saturated carbocycles. The number of anilines is 1. The summed E-state index contributed by atoms with van der Waals surface area (Å²) in [6, 6.07) is 8.09. The highest BCUT2D eigenvalue weighted by Gasteiger charge is 2.02. The highest BCUT2D eigenvalue weighted by Crippen LogP contribution is 2.13. The summed E-state index contributed by atoms with van der Waals surface area (Å²) < 4.78 is 0. The van der Waals surface area contributed by atoms with E-state index in [4.69, 9.17) is 0 Å². The van der Waals surface area contributed by atoms with Crippen LogP contribution in [0.25, 0.3) is 0 Å². The van der Waals surface area contributed by atoms with E-state index in [2.05, 4.69) is 33.4 Å². The van der Waals surface area contributed by atoms with E-state index in [0.717, 1.165) is 29.6 Å². The molecule has 0 atom stereocenters. The minimum Gasteiger partial charge on any atom is -0.326 e. The van der Waals surface area contributed by atoms with Crippen molar-refractivity contribution in [2.75, 3.05) is 22.7 Å². The van der Waals surface area contributed by atoms with Crippen molar-refractivity contribution >= 4 is 39.3 Å². The monoisotopic (exact) mass is 315 g/mol. The third-order valence-corrected chi connectivity index (χ3v) is 3.52. The standard InChI is InChI=1S/C13H18BrNOS/c1-17-9-7-13(16)15-12-6-2-4-11(10-12)5-3-8-14/h2,4,6,10H,3,5,7-9H2,1H3,(H,15,16). The van der Waals surface area contributed by atoms with Crippen LogP contribution in [0, 0.1) is 0 Å². The average molecular weight is 316 g/mol. The van der Waals surface area contributed by atoms with Gasteiger partial charge in [-0.3, -0.25) is 4.79 Å². The maximum Gasteiger partial charge on any atom is 0.225 e. The number of carbonyl (C=O) groups excluding carboxylic acids is 1. The van der Waals surface area contributed by atoms with Crippen molar-refractivity contribution in [1.29, 1.82) is 0 Å². The van der Waals surface area contributed by atoms with Gasteiger partial charge in [-0.25, -0.2) is 0 Å². The molecule has 0 spiro atoms. The molecular weight excluding hydrogens is 298 g/mol. The molecule has 17 heavy (non-hydrogen) atoms. The molecule has 0 aliphatic heterocycles. The van der Waals surface area contributed by atoms with Gasteiger partial charge in [0.05, 0.1) is 0 Å². The van der Waals surface area contributed by atoms with Crippen LogP contribution in [0.4, 0.5) is 5.69 Å². The maximum atomic E-state index is 11.6. The Balaban J connectivity index is 2.50. The molecule has 0 aliphatic carbocycles. The maximum absolute atomic E-state index is 11.6. The Morgan fingerprint density at radius 1 is 1.47 bits per heavy atom. The van der Waals surface area contributed by atoms with E-state index in [-0.39, 0.29) is 5.91 Å². The lowest BCUT2D eigenvalue weighted by molar-refractivity contribution is -0.115. The summed E-state index contributed by atoms with van der Waals surface area (Å²) in [6.45, 7) is 0. The van der Waals surface area contributed by atoms with Gasteiger partial charge in [-0.05, 0) is 36.8 Å². The Bertz CT molecular complexity index is 357. The molecule has 0 unspecified atom stereocenters. The molecule has 1 rings (SSSR count). The minimum absolute atomic E-state index is 0.0944. The van der Waals surface area contributed by atoms with E-state index in [1.807, 2.05) is 18.4 Å². The first-order valence-corrected chi connectivity index (χ1v) is 8.21. The molecule has 0 saturated heterocycles. The average Bonchev–Trinajstić information content (AvgIpc) is 2.34. The van der Waals surface area contributed by atoms with Crippen molar-refractivity contribution in [2.45, 2.75) is 19.3 Å². The summed E-state index contributed by atoms with van der Waals surface area (Å²) in [5, 5.41) is 3.94. The molecule has 1 amide bonds. The predicted molar refractivity (Wildman–Crippen MR) is 80.2 cm³/mol. The smallest absolute Gasteiger partial charge is 0.225 e. The van der Waals surface area contributed by atoms with E-state index in [9.17, 15) is 4.79 Å². The van der Waals surface area contributed by atoms with E-state index in [1.165, 1.54) is 5.56 Å². The van der Waals surface area contributed by atoms with Gasteiger partial charge in [0.25, 0.3) is 0 Å². The van der Waals surface area contributed by atoms with Crippen LogP contribution in [0.5, 0.6) is 0 Å². The number of alkyl halides is 1. The fourth-order valence-corrected chi connectivity index (χ4v) is 2.16. The number of rotatable bonds is 7. The van der Waals surface area contributed by atoms with Crippen molar-refractivity contribution in [3.8, 4) is 0 Å². The second-order valence-corrected chi connectivity index (χ2v) is 5.56. The predicted octanol–water partition coefficient (Wildman–Crippen LogP) is 3.71. The SMILES string of the molecule is CSCCC(=O)Nc1cccc(CCCBr)c1. The first kappa shape index (κ1) is 14.6. The van der Waals surface area contributed by atoms with Crippen molar-refractivity contribution in [3.05, 3.63) is 29.8 Å². The fourth-order valence-electron chi connectivity index (χ4n) is 1.49. The Morgan fingerprint density at radius 2 is 2.29 bits per heavy atom. The number of carbonyl (C=O) groups is 1. The molecule has 94 valence electrons. The topological polar surface area (TPSA) is 29.1 Å². The minimum atomic E-state index is 0.0944. The number of amides is 1. The zero-order valence-electron chi connectivity index (χ0n) is 10.0. The molecule has 0 radical (unpaired) electrons. The van der Waals surface area contributed by atoms with Crippen LogP contribution in [0.3, 0.4) is 0 Å². The van der Waals surface area contributed by atoms with Crippen LogP contribution in [0.1, 0.15) is 18.4 Å². The largest absolute Gasteiger partial charge is 0.326 e. The molecule has 1 aromatic rings. The first-order valence-electron chi connectivity index (χ1n) is 5.70. The second kappa shape index (κ2) is 8.59. The number of hydrogen-bond donors (Lipinski definition) is 1. The highest BCUT2D eigenvalue weighted by atomic mass is 79.9. The van der Waals surface area contributed by atoms with Gasteiger partial charge >= 0.3 is 0 Å². The summed E-state index contributed by atoms with van der Waals surface area (Å²) in [6.07, 6.45) is 4.74. The van der Waals surface area contributed by atoms with Crippen LogP contribution in [-0.2, 0) is 11.2 Å². The summed E-state index contributed by atoms with van der Waals surface area (Å²) in [7, 11) is 0. The molecule has 0 heterocycles. The van der Waals surface area contributed by atoms with Crippen LogP contribution >= 0.6 is 27.7 Å². The van der Waals surface area contributed by atoms with E-state index < -0.39 is 0 Å². The van der Waals surface area contributed by atoms with Crippen molar-refractivity contribution in [1.82, 2.24) is 0 Å². The lowest BCUT2D eigenvalue weighted by Gasteiger charge is -2.06. The Labute approximate surface area is 116 Å². The molecule has 1 N–H and O–H groups in total. The van der Waals surface area contributed by atoms with Crippen LogP contribution in [0.2, 0.25) is 0 Å². The van der Waals surface area contributed by atoms with Gasteiger partial charge in [0.2, 0.25) is 5.91 Å². The first-order chi connectivity index (χ1) is 8.26. The summed E-state index contributed by atoms with van der Waals surface area (Å²) in [5.41, 5.74) is 2.18. The molecule has 2 nitrogen and oxygen atoms in total. The Hall–Kier alpha value is -0.480. The van der Waals surface area contributed by atoms with Gasteiger partial charge in [0.15, 0.2) is 0 Å². The normalized spacial score (nSPS) is 10.2. The van der Waals surface area contributed by atoms with Crippen LogP contribution < -0.4 is 5.32 Å². The summed E-state index contributed by atoms with van der Waals surface area (Å²) >= 11 is 5.11. The summed E-state index contributed by atoms with van der Waals surface area (Å²) in [5.74, 6) is 0.965. The fraction of sp³-hybridized carbons (Fsp3) is 0.462. The number of benzene rings is 1. The van der Waals surface area contributed by atoms with Gasteiger partial charge in [-0.15, -0.1) is 0 Å². The van der Waals surface area contributed by atoms with Crippen LogP contribution in [-0.4, -0.2) is 23.2 Å². The highest BCUT2D eigenvalue weighted by molar-refractivity contribution is 9.09. The quantitative estimate of drug-likeness (QED) is 0.777. The van der Waals surface area contributed by atoms with E-state index in [0.29, 0.717) is 6.42 Å². The van der Waals surface area contributed by atoms with Crippen molar-refractivity contribution in [2.24, 2.45) is 0 Å². The molecule has 0 aromatic heterocycles. The molecule has 1 aromatic carbocycles. The number of nitrogens with one attached hydrogen (secondary N) is 1.